The lowest BCUT2D eigenvalue weighted by Gasteiger charge is -2.18. The monoisotopic (exact) mass is 434 g/mol. The molecule has 3 rings (SSSR count). The molecule has 29 heavy (non-hydrogen) atoms. The SMILES string of the molecule is COc1ncc(O[C@H](C)c2c(Cl)ccc(F)c2Cl)cc1C(=O)Nc1ccccc1. The Morgan fingerprint density at radius 2 is 1.90 bits per heavy atom. The number of amides is 1. The van der Waals surface area contributed by atoms with Gasteiger partial charge in [0.1, 0.15) is 23.2 Å². The molecule has 2 aromatic carbocycles. The van der Waals surface area contributed by atoms with Gasteiger partial charge in [-0.2, -0.15) is 0 Å². The fourth-order valence-corrected chi connectivity index (χ4v) is 3.40. The van der Waals surface area contributed by atoms with E-state index in [2.05, 4.69) is 10.3 Å². The standard InChI is InChI=1S/C21H17Cl2FN2O3/c1-12(18-16(22)8-9-17(24)19(18)23)29-14-10-15(21(28-2)25-11-14)20(27)26-13-6-4-3-5-7-13/h3-12H,1-2H3,(H,26,27)/t12-/m1/s1. The van der Waals surface area contributed by atoms with Crippen molar-refractivity contribution in [1.82, 2.24) is 4.98 Å². The summed E-state index contributed by atoms with van der Waals surface area (Å²) in [4.78, 5) is 16.8. The van der Waals surface area contributed by atoms with Gasteiger partial charge in [-0.1, -0.05) is 41.4 Å². The molecule has 0 saturated carbocycles. The highest BCUT2D eigenvalue weighted by molar-refractivity contribution is 6.36. The summed E-state index contributed by atoms with van der Waals surface area (Å²) in [6.07, 6.45) is 0.710. The first-order chi connectivity index (χ1) is 13.9. The first-order valence-electron chi connectivity index (χ1n) is 8.61. The van der Waals surface area contributed by atoms with E-state index in [-0.39, 0.29) is 27.2 Å². The lowest BCUT2D eigenvalue weighted by Crippen LogP contribution is -2.14. The molecule has 0 fully saturated rings. The van der Waals surface area contributed by atoms with Gasteiger partial charge in [-0.05, 0) is 37.3 Å². The minimum Gasteiger partial charge on any atom is -0.484 e. The summed E-state index contributed by atoms with van der Waals surface area (Å²) in [7, 11) is 1.41. The number of carbonyl (C=O) groups excluding carboxylic acids is 1. The molecule has 0 aliphatic rings. The third-order valence-electron chi connectivity index (χ3n) is 4.09. The molecule has 0 aliphatic heterocycles. The third-order valence-corrected chi connectivity index (χ3v) is 4.81. The number of ether oxygens (including phenoxy) is 2. The average Bonchev–Trinajstić information content (AvgIpc) is 2.71. The predicted molar refractivity (Wildman–Crippen MR) is 111 cm³/mol. The van der Waals surface area contributed by atoms with Crippen LogP contribution in [0.3, 0.4) is 0 Å². The van der Waals surface area contributed by atoms with Crippen LogP contribution in [0.15, 0.2) is 54.7 Å². The zero-order chi connectivity index (χ0) is 21.0. The molecular formula is C21H17Cl2FN2O3. The Labute approximate surface area is 177 Å². The maximum Gasteiger partial charge on any atom is 0.261 e. The van der Waals surface area contributed by atoms with Gasteiger partial charge in [0.2, 0.25) is 5.88 Å². The van der Waals surface area contributed by atoms with Crippen molar-refractivity contribution in [3.05, 3.63) is 81.7 Å². The Balaban J connectivity index is 1.87. The molecule has 1 N–H and O–H groups in total. The van der Waals surface area contributed by atoms with Crippen molar-refractivity contribution < 1.29 is 18.7 Å². The van der Waals surface area contributed by atoms with Crippen molar-refractivity contribution in [2.24, 2.45) is 0 Å². The van der Waals surface area contributed by atoms with Crippen molar-refractivity contribution in [2.45, 2.75) is 13.0 Å². The Morgan fingerprint density at radius 1 is 1.17 bits per heavy atom. The second kappa shape index (κ2) is 9.11. The zero-order valence-electron chi connectivity index (χ0n) is 15.6. The highest BCUT2D eigenvalue weighted by Gasteiger charge is 2.21. The number of aromatic nitrogens is 1. The number of pyridine rings is 1. The van der Waals surface area contributed by atoms with Gasteiger partial charge in [0.25, 0.3) is 5.91 Å². The average molecular weight is 435 g/mol. The Kier molecular flexibility index (Phi) is 6.56. The summed E-state index contributed by atoms with van der Waals surface area (Å²) in [5.41, 5.74) is 1.11. The maximum absolute atomic E-state index is 13.8. The molecule has 150 valence electrons. The topological polar surface area (TPSA) is 60.5 Å². The van der Waals surface area contributed by atoms with Crippen LogP contribution in [0.1, 0.15) is 28.9 Å². The molecular weight excluding hydrogens is 418 g/mol. The number of nitrogens with one attached hydrogen (secondary N) is 1. The molecule has 3 aromatic rings. The number of benzene rings is 2. The van der Waals surface area contributed by atoms with Crippen molar-refractivity contribution >= 4 is 34.8 Å². The summed E-state index contributed by atoms with van der Waals surface area (Å²) in [6.45, 7) is 1.67. The first-order valence-corrected chi connectivity index (χ1v) is 9.36. The molecule has 0 radical (unpaired) electrons. The van der Waals surface area contributed by atoms with Gasteiger partial charge in [-0.15, -0.1) is 0 Å². The first kappa shape index (κ1) is 20.9. The highest BCUT2D eigenvalue weighted by Crippen LogP contribution is 2.35. The quantitative estimate of drug-likeness (QED) is 0.488. The molecule has 0 saturated heterocycles. The van der Waals surface area contributed by atoms with E-state index in [0.29, 0.717) is 11.3 Å². The molecule has 5 nitrogen and oxygen atoms in total. The maximum atomic E-state index is 13.8. The van der Waals surface area contributed by atoms with Gasteiger partial charge in [-0.25, -0.2) is 9.37 Å². The second-order valence-corrected chi connectivity index (χ2v) is 6.85. The third kappa shape index (κ3) is 4.78. The lowest BCUT2D eigenvalue weighted by atomic mass is 10.1. The largest absolute Gasteiger partial charge is 0.484 e. The van der Waals surface area contributed by atoms with Crippen LogP contribution in [-0.4, -0.2) is 18.0 Å². The van der Waals surface area contributed by atoms with Crippen LogP contribution in [0.4, 0.5) is 10.1 Å². The van der Waals surface area contributed by atoms with Crippen molar-refractivity contribution in [1.29, 1.82) is 0 Å². The lowest BCUT2D eigenvalue weighted by molar-refractivity contribution is 0.102. The molecule has 0 bridgehead atoms. The molecule has 1 amide bonds. The fraction of sp³-hybridized carbons (Fsp3) is 0.143. The minimum absolute atomic E-state index is 0.117. The highest BCUT2D eigenvalue weighted by atomic mass is 35.5. The smallest absolute Gasteiger partial charge is 0.261 e. The van der Waals surface area contributed by atoms with Gasteiger partial charge >= 0.3 is 0 Å². The van der Waals surface area contributed by atoms with Crippen LogP contribution in [0.5, 0.6) is 11.6 Å². The molecule has 8 heteroatoms. The number of halogens is 3. The van der Waals surface area contributed by atoms with Gasteiger partial charge in [-0.3, -0.25) is 4.79 Å². The van der Waals surface area contributed by atoms with Crippen molar-refractivity contribution in [3.63, 3.8) is 0 Å². The summed E-state index contributed by atoms with van der Waals surface area (Å²) in [5.74, 6) is -0.606. The predicted octanol–water partition coefficient (Wildman–Crippen LogP) is 5.93. The van der Waals surface area contributed by atoms with Crippen molar-refractivity contribution in [3.8, 4) is 11.6 Å². The normalized spacial score (nSPS) is 11.6. The van der Waals surface area contributed by atoms with E-state index < -0.39 is 17.8 Å². The number of hydrogen-bond acceptors (Lipinski definition) is 4. The van der Waals surface area contributed by atoms with Gasteiger partial charge < -0.3 is 14.8 Å². The summed E-state index contributed by atoms with van der Waals surface area (Å²) < 4.78 is 24.8. The Morgan fingerprint density at radius 3 is 2.59 bits per heavy atom. The van der Waals surface area contributed by atoms with Crippen LogP contribution in [0.2, 0.25) is 10.0 Å². The van der Waals surface area contributed by atoms with E-state index in [1.165, 1.54) is 31.5 Å². The number of methoxy groups -OCH3 is 1. The molecule has 1 atom stereocenters. The van der Waals surface area contributed by atoms with Gasteiger partial charge in [0, 0.05) is 16.3 Å². The summed E-state index contributed by atoms with van der Waals surface area (Å²) in [5, 5.41) is 2.92. The molecule has 0 aliphatic carbocycles. The second-order valence-electron chi connectivity index (χ2n) is 6.06. The van der Waals surface area contributed by atoms with E-state index in [9.17, 15) is 9.18 Å². The number of rotatable bonds is 6. The molecule has 0 unspecified atom stereocenters. The number of para-hydroxylation sites is 1. The Bertz CT molecular complexity index is 1030. The van der Waals surface area contributed by atoms with E-state index in [1.54, 1.807) is 31.2 Å². The van der Waals surface area contributed by atoms with Gasteiger partial charge in [0.05, 0.1) is 18.3 Å². The molecule has 1 heterocycles. The zero-order valence-corrected chi connectivity index (χ0v) is 17.1. The van der Waals surface area contributed by atoms with Gasteiger partial charge in [0.15, 0.2) is 0 Å². The summed E-state index contributed by atoms with van der Waals surface area (Å²) in [6, 6.07) is 13.0. The van der Waals surface area contributed by atoms with Crippen LogP contribution in [0, 0.1) is 5.82 Å². The fourth-order valence-electron chi connectivity index (χ4n) is 2.72. The van der Waals surface area contributed by atoms with Crippen LogP contribution >= 0.6 is 23.2 Å². The molecule has 1 aromatic heterocycles. The Hall–Kier alpha value is -2.83. The number of carbonyl (C=O) groups is 1. The number of hydrogen-bond donors (Lipinski definition) is 1. The molecule has 0 spiro atoms. The number of nitrogens with zero attached hydrogens (tertiary/aromatic N) is 1. The van der Waals surface area contributed by atoms with E-state index in [1.807, 2.05) is 6.07 Å². The van der Waals surface area contributed by atoms with E-state index >= 15 is 0 Å². The number of anilines is 1. The van der Waals surface area contributed by atoms with E-state index in [0.717, 1.165) is 0 Å². The minimum atomic E-state index is -0.689. The van der Waals surface area contributed by atoms with Crippen molar-refractivity contribution in [2.75, 3.05) is 12.4 Å². The van der Waals surface area contributed by atoms with Crippen LogP contribution in [0.25, 0.3) is 0 Å². The van der Waals surface area contributed by atoms with E-state index in [4.69, 9.17) is 32.7 Å². The summed E-state index contributed by atoms with van der Waals surface area (Å²) >= 11 is 12.2. The van der Waals surface area contributed by atoms with Crippen LogP contribution < -0.4 is 14.8 Å². The van der Waals surface area contributed by atoms with Crippen LogP contribution in [-0.2, 0) is 0 Å².